The number of allylic oxidation sites excluding steroid dienone is 4. The first-order valence-corrected chi connectivity index (χ1v) is 11.3. The van der Waals surface area contributed by atoms with E-state index in [1.807, 2.05) is 6.92 Å². The van der Waals surface area contributed by atoms with Crippen LogP contribution in [0, 0.1) is 39.4 Å². The van der Waals surface area contributed by atoms with E-state index in [-0.39, 0.29) is 28.8 Å². The third kappa shape index (κ3) is 2.27. The van der Waals surface area contributed by atoms with E-state index in [1.165, 1.54) is 24.0 Å². The Labute approximate surface area is 170 Å². The summed E-state index contributed by atoms with van der Waals surface area (Å²) < 4.78 is 0. The number of carbonyl (C=O) groups is 1. The van der Waals surface area contributed by atoms with Crippen LogP contribution in [0.5, 0.6) is 0 Å². The third-order valence-electron chi connectivity index (χ3n) is 10.2. The van der Waals surface area contributed by atoms with E-state index < -0.39 is 11.5 Å². The van der Waals surface area contributed by atoms with Crippen molar-refractivity contribution < 1.29 is 15.0 Å². The Balaban J connectivity index is 1.80. The average Bonchev–Trinajstić information content (AvgIpc) is 2.96. The maximum Gasteiger partial charge on any atom is 0.128 e. The van der Waals surface area contributed by atoms with E-state index in [9.17, 15) is 15.0 Å². The van der Waals surface area contributed by atoms with Gasteiger partial charge in [0.2, 0.25) is 0 Å². The number of fused-ring (bicyclic) bond motifs is 5. The Morgan fingerprint density at radius 2 is 1.86 bits per heavy atom. The lowest BCUT2D eigenvalue weighted by Gasteiger charge is -2.60. The summed E-state index contributed by atoms with van der Waals surface area (Å²) in [6.45, 7) is 11.7. The molecule has 3 nitrogen and oxygen atoms in total. The Hall–Kier alpha value is -0.930. The molecule has 8 atom stereocenters. The first-order valence-electron chi connectivity index (χ1n) is 11.3. The van der Waals surface area contributed by atoms with Gasteiger partial charge < -0.3 is 15.0 Å². The standard InChI is InChI=1S/C25H38O3/c1-16(14-26)17-8-12-25(5)19-6-7-20-22(2,18(19)9-13-24(17,25)4)11-10-21(28)23(20,3)15-27/h6,9,15-17,20-21,26,28H,7-8,10-14H2,1-5H3/t16?,17-,20-,21-,22-,23-,24-,25+/m1/s1. The van der Waals surface area contributed by atoms with Crippen LogP contribution in [0.25, 0.3) is 0 Å². The van der Waals surface area contributed by atoms with Gasteiger partial charge in [-0.05, 0) is 83.7 Å². The van der Waals surface area contributed by atoms with Crippen LogP contribution in [0.4, 0.5) is 0 Å². The molecule has 0 aromatic carbocycles. The summed E-state index contributed by atoms with van der Waals surface area (Å²) in [5.74, 6) is 1.04. The predicted molar refractivity (Wildman–Crippen MR) is 112 cm³/mol. The summed E-state index contributed by atoms with van der Waals surface area (Å²) in [7, 11) is 0. The van der Waals surface area contributed by atoms with Crippen LogP contribution in [-0.2, 0) is 4.79 Å². The van der Waals surface area contributed by atoms with Crippen molar-refractivity contribution in [1.29, 1.82) is 0 Å². The second kappa shape index (κ2) is 6.28. The van der Waals surface area contributed by atoms with Crippen molar-refractivity contribution in [2.75, 3.05) is 6.61 Å². The zero-order valence-corrected chi connectivity index (χ0v) is 18.3. The molecule has 0 bridgehead atoms. The van der Waals surface area contributed by atoms with Gasteiger partial charge in [0.25, 0.3) is 0 Å². The zero-order valence-electron chi connectivity index (χ0n) is 18.3. The van der Waals surface area contributed by atoms with Crippen molar-refractivity contribution in [3.8, 4) is 0 Å². The fourth-order valence-corrected chi connectivity index (χ4v) is 7.99. The number of hydrogen-bond acceptors (Lipinski definition) is 3. The molecule has 0 heterocycles. The monoisotopic (exact) mass is 386 g/mol. The smallest absolute Gasteiger partial charge is 0.128 e. The molecule has 4 rings (SSSR count). The van der Waals surface area contributed by atoms with Gasteiger partial charge in [-0.1, -0.05) is 46.8 Å². The SMILES string of the molecule is CC(CO)[C@H]1CC[C@@]2(C)C3=CC[C@H]4[C@@](C)(C=O)[C@H](O)CC[C@]4(C)C3=CC[C@]12C. The van der Waals surface area contributed by atoms with Crippen LogP contribution in [-0.4, -0.2) is 29.2 Å². The van der Waals surface area contributed by atoms with Crippen molar-refractivity contribution in [3.63, 3.8) is 0 Å². The van der Waals surface area contributed by atoms with Crippen LogP contribution < -0.4 is 0 Å². The maximum atomic E-state index is 12.1. The molecule has 3 heteroatoms. The van der Waals surface area contributed by atoms with E-state index in [0.29, 0.717) is 18.3 Å². The molecule has 156 valence electrons. The molecule has 0 saturated heterocycles. The van der Waals surface area contributed by atoms with Crippen molar-refractivity contribution in [1.82, 2.24) is 0 Å². The Bertz CT molecular complexity index is 738. The maximum absolute atomic E-state index is 12.1. The molecule has 2 saturated carbocycles. The van der Waals surface area contributed by atoms with Crippen molar-refractivity contribution in [2.45, 2.75) is 79.2 Å². The zero-order chi connectivity index (χ0) is 20.5. The van der Waals surface area contributed by atoms with E-state index in [4.69, 9.17) is 0 Å². The van der Waals surface area contributed by atoms with Crippen LogP contribution in [0.1, 0.15) is 73.1 Å². The highest BCUT2D eigenvalue weighted by Crippen LogP contribution is 2.71. The van der Waals surface area contributed by atoms with Gasteiger partial charge >= 0.3 is 0 Å². The van der Waals surface area contributed by atoms with Gasteiger partial charge in [0.15, 0.2) is 0 Å². The molecule has 0 amide bonds. The minimum absolute atomic E-state index is 0.0377. The number of hydrogen-bond donors (Lipinski definition) is 2. The van der Waals surface area contributed by atoms with Crippen molar-refractivity contribution in [2.24, 2.45) is 39.4 Å². The quantitative estimate of drug-likeness (QED) is 0.693. The second-order valence-corrected chi connectivity index (χ2v) is 11.2. The van der Waals surface area contributed by atoms with Crippen molar-refractivity contribution >= 4 is 6.29 Å². The number of aliphatic hydroxyl groups is 2. The van der Waals surface area contributed by atoms with Crippen molar-refractivity contribution in [3.05, 3.63) is 23.3 Å². The van der Waals surface area contributed by atoms with Gasteiger partial charge in [0, 0.05) is 6.61 Å². The van der Waals surface area contributed by atoms with E-state index in [2.05, 4.69) is 39.8 Å². The highest BCUT2D eigenvalue weighted by molar-refractivity contribution is 5.63. The molecular weight excluding hydrogens is 348 g/mol. The van der Waals surface area contributed by atoms with Crippen LogP contribution in [0.15, 0.2) is 23.3 Å². The number of rotatable bonds is 3. The highest BCUT2D eigenvalue weighted by Gasteiger charge is 2.63. The third-order valence-corrected chi connectivity index (χ3v) is 10.2. The molecule has 0 aliphatic heterocycles. The molecule has 0 spiro atoms. The van der Waals surface area contributed by atoms with E-state index in [1.54, 1.807) is 0 Å². The summed E-state index contributed by atoms with van der Waals surface area (Å²) in [4.78, 5) is 12.1. The summed E-state index contributed by atoms with van der Waals surface area (Å²) >= 11 is 0. The fraction of sp³-hybridized carbons (Fsp3) is 0.800. The topological polar surface area (TPSA) is 57.5 Å². The molecule has 2 N–H and O–H groups in total. The Morgan fingerprint density at radius 3 is 2.50 bits per heavy atom. The lowest BCUT2D eigenvalue weighted by Crippen LogP contribution is -2.56. The molecular formula is C25H38O3. The minimum atomic E-state index is -0.666. The van der Waals surface area contributed by atoms with Gasteiger partial charge in [-0.25, -0.2) is 0 Å². The Morgan fingerprint density at radius 1 is 1.14 bits per heavy atom. The largest absolute Gasteiger partial charge is 0.396 e. The Kier molecular flexibility index (Phi) is 4.57. The highest BCUT2D eigenvalue weighted by atomic mass is 16.3. The summed E-state index contributed by atoms with van der Waals surface area (Å²) in [6.07, 6.45) is 11.3. The molecule has 1 unspecified atom stereocenters. The molecule has 4 aliphatic carbocycles. The summed E-state index contributed by atoms with van der Waals surface area (Å²) in [5.41, 5.74) is 2.58. The molecule has 4 aliphatic rings. The van der Waals surface area contributed by atoms with Gasteiger partial charge in [-0.2, -0.15) is 0 Å². The summed E-state index contributed by atoms with van der Waals surface area (Å²) in [6, 6.07) is 0. The number of aldehydes is 1. The first-order chi connectivity index (χ1) is 13.1. The van der Waals surface area contributed by atoms with Crippen LogP contribution in [0.3, 0.4) is 0 Å². The van der Waals surface area contributed by atoms with Crippen LogP contribution >= 0.6 is 0 Å². The van der Waals surface area contributed by atoms with E-state index >= 15 is 0 Å². The van der Waals surface area contributed by atoms with E-state index in [0.717, 1.165) is 25.5 Å². The molecule has 2 fully saturated rings. The second-order valence-electron chi connectivity index (χ2n) is 11.2. The van der Waals surface area contributed by atoms with Gasteiger partial charge in [-0.15, -0.1) is 0 Å². The fourth-order valence-electron chi connectivity index (χ4n) is 7.99. The first kappa shape index (κ1) is 20.3. The van der Waals surface area contributed by atoms with Gasteiger partial charge in [0.05, 0.1) is 11.5 Å². The number of carbonyl (C=O) groups excluding carboxylic acids is 1. The molecule has 0 aromatic rings. The lowest BCUT2D eigenvalue weighted by molar-refractivity contribution is -0.139. The molecule has 0 aromatic heterocycles. The number of aliphatic hydroxyl groups excluding tert-OH is 2. The summed E-state index contributed by atoms with van der Waals surface area (Å²) in [5, 5.41) is 20.5. The lowest BCUT2D eigenvalue weighted by atomic mass is 9.44. The predicted octanol–water partition coefficient (Wildman–Crippen LogP) is 4.68. The molecule has 28 heavy (non-hydrogen) atoms. The van der Waals surface area contributed by atoms with Gasteiger partial charge in [0.1, 0.15) is 6.29 Å². The van der Waals surface area contributed by atoms with Crippen LogP contribution in [0.2, 0.25) is 0 Å². The van der Waals surface area contributed by atoms with Gasteiger partial charge in [-0.3, -0.25) is 0 Å². The minimum Gasteiger partial charge on any atom is -0.396 e. The normalized spacial score (nSPS) is 51.3. The molecule has 0 radical (unpaired) electrons. The average molecular weight is 387 g/mol.